The van der Waals surface area contributed by atoms with Gasteiger partial charge in [-0.05, 0) is 50.5 Å². The van der Waals surface area contributed by atoms with Crippen LogP contribution in [0.15, 0.2) is 17.3 Å². The molecule has 0 bridgehead atoms. The summed E-state index contributed by atoms with van der Waals surface area (Å²) < 4.78 is 5.80. The highest BCUT2D eigenvalue weighted by Crippen LogP contribution is 2.37. The lowest BCUT2D eigenvalue weighted by atomic mass is 10.0. The van der Waals surface area contributed by atoms with Gasteiger partial charge in [0.2, 0.25) is 0 Å². The van der Waals surface area contributed by atoms with Gasteiger partial charge in [-0.2, -0.15) is 0 Å². The van der Waals surface area contributed by atoms with Crippen molar-refractivity contribution in [2.75, 3.05) is 11.6 Å². The molecule has 0 fully saturated rings. The van der Waals surface area contributed by atoms with Crippen LogP contribution in [-0.2, 0) is 11.3 Å². The van der Waals surface area contributed by atoms with Gasteiger partial charge >= 0.3 is 0 Å². The van der Waals surface area contributed by atoms with E-state index in [1.807, 2.05) is 44.7 Å². The first-order valence-corrected chi connectivity index (χ1v) is 8.54. The van der Waals surface area contributed by atoms with Gasteiger partial charge in [0.05, 0.1) is 18.0 Å². The molecule has 1 aliphatic heterocycles. The third-order valence-electron chi connectivity index (χ3n) is 4.27. The molecule has 25 heavy (non-hydrogen) atoms. The molecule has 1 aromatic carbocycles. The lowest BCUT2D eigenvalue weighted by Gasteiger charge is -2.33. The molecular weight excluding hydrogens is 340 g/mol. The summed E-state index contributed by atoms with van der Waals surface area (Å²) in [5.74, 6) is 1.41. The van der Waals surface area contributed by atoms with Gasteiger partial charge in [-0.3, -0.25) is 0 Å². The van der Waals surface area contributed by atoms with Crippen molar-refractivity contribution >= 4 is 28.8 Å². The number of hydrogen-bond acceptors (Lipinski definition) is 6. The van der Waals surface area contributed by atoms with Crippen LogP contribution in [0.2, 0.25) is 5.02 Å². The number of aromatic nitrogens is 2. The van der Waals surface area contributed by atoms with Crippen molar-refractivity contribution in [1.82, 2.24) is 9.97 Å². The van der Waals surface area contributed by atoms with E-state index in [2.05, 4.69) is 15.1 Å². The molecule has 2 aromatic rings. The highest BCUT2D eigenvalue weighted by Gasteiger charge is 2.28. The summed E-state index contributed by atoms with van der Waals surface area (Å²) in [5.41, 5.74) is 5.11. The average molecular weight is 361 g/mol. The van der Waals surface area contributed by atoms with Crippen LogP contribution in [-0.4, -0.2) is 27.6 Å². The quantitative estimate of drug-likeness (QED) is 0.503. The molecule has 0 spiro atoms. The predicted octanol–water partition coefficient (Wildman–Crippen LogP) is 4.27. The molecule has 0 saturated carbocycles. The van der Waals surface area contributed by atoms with E-state index in [0.717, 1.165) is 28.2 Å². The van der Waals surface area contributed by atoms with Crippen molar-refractivity contribution in [3.05, 3.63) is 45.4 Å². The van der Waals surface area contributed by atoms with Gasteiger partial charge in [0, 0.05) is 10.6 Å². The topological polar surface area (TPSA) is 70.8 Å². The Morgan fingerprint density at radius 1 is 1.28 bits per heavy atom. The van der Waals surface area contributed by atoms with Gasteiger partial charge < -0.3 is 14.8 Å². The minimum absolute atomic E-state index is 0.381. The number of oxime groups is 1. The third-order valence-corrected chi connectivity index (χ3v) is 4.49. The molecule has 1 N–H and O–H groups in total. The second kappa shape index (κ2) is 6.98. The molecule has 0 amide bonds. The summed E-state index contributed by atoms with van der Waals surface area (Å²) >= 11 is 6.17. The van der Waals surface area contributed by atoms with Crippen LogP contribution in [0.3, 0.4) is 0 Å². The molecule has 0 unspecified atom stereocenters. The maximum absolute atomic E-state index is 9.33. The van der Waals surface area contributed by atoms with Crippen LogP contribution in [0.4, 0.5) is 11.5 Å². The van der Waals surface area contributed by atoms with Crippen LogP contribution in [0.25, 0.3) is 0 Å². The summed E-state index contributed by atoms with van der Waals surface area (Å²) in [6, 6.07) is 3.86. The first kappa shape index (κ1) is 17.6. The smallest absolute Gasteiger partial charge is 0.144 e. The largest absolute Gasteiger partial charge is 0.411 e. The van der Waals surface area contributed by atoms with E-state index >= 15 is 0 Å². The van der Waals surface area contributed by atoms with Gasteiger partial charge in [-0.25, -0.2) is 9.97 Å². The van der Waals surface area contributed by atoms with Crippen molar-refractivity contribution in [3.63, 3.8) is 0 Å². The molecule has 0 saturated heterocycles. The minimum Gasteiger partial charge on any atom is -0.411 e. The SMILES string of the molecule is CC/C(=N\O)c1nc(C)nc2c1COCN2c1c(C)cc(Cl)cc1C. The Kier molecular flexibility index (Phi) is 4.92. The number of benzene rings is 1. The van der Waals surface area contributed by atoms with Crippen LogP contribution >= 0.6 is 11.6 Å². The second-order valence-electron chi connectivity index (χ2n) is 6.12. The zero-order valence-corrected chi connectivity index (χ0v) is 15.6. The Bertz CT molecular complexity index is 828. The summed E-state index contributed by atoms with van der Waals surface area (Å²) in [6.07, 6.45) is 0.568. The second-order valence-corrected chi connectivity index (χ2v) is 6.55. The monoisotopic (exact) mass is 360 g/mol. The Labute approximate surface area is 152 Å². The molecule has 1 aromatic heterocycles. The molecule has 0 radical (unpaired) electrons. The van der Waals surface area contributed by atoms with Gasteiger partial charge in [-0.1, -0.05) is 23.7 Å². The summed E-state index contributed by atoms with van der Waals surface area (Å²) in [6.45, 7) is 8.57. The highest BCUT2D eigenvalue weighted by molar-refractivity contribution is 6.30. The van der Waals surface area contributed by atoms with E-state index < -0.39 is 0 Å². The number of halogens is 1. The molecular formula is C18H21ClN4O2. The number of anilines is 2. The van der Waals surface area contributed by atoms with Crippen LogP contribution in [0, 0.1) is 20.8 Å². The van der Waals surface area contributed by atoms with Crippen molar-refractivity contribution in [2.45, 2.75) is 40.7 Å². The molecule has 2 heterocycles. The normalized spacial score (nSPS) is 14.6. The number of rotatable bonds is 3. The van der Waals surface area contributed by atoms with E-state index in [4.69, 9.17) is 16.3 Å². The zero-order valence-electron chi connectivity index (χ0n) is 14.8. The summed E-state index contributed by atoms with van der Waals surface area (Å²) in [4.78, 5) is 11.2. The molecule has 6 nitrogen and oxygen atoms in total. The highest BCUT2D eigenvalue weighted by atomic mass is 35.5. The molecule has 132 valence electrons. The van der Waals surface area contributed by atoms with Crippen LogP contribution in [0.5, 0.6) is 0 Å². The van der Waals surface area contributed by atoms with Gasteiger partial charge in [0.1, 0.15) is 24.1 Å². The summed E-state index contributed by atoms with van der Waals surface area (Å²) in [5, 5.41) is 13.4. The summed E-state index contributed by atoms with van der Waals surface area (Å²) in [7, 11) is 0. The molecule has 0 atom stereocenters. The zero-order chi connectivity index (χ0) is 18.1. The predicted molar refractivity (Wildman–Crippen MR) is 98.1 cm³/mol. The Morgan fingerprint density at radius 2 is 1.96 bits per heavy atom. The van der Waals surface area contributed by atoms with E-state index in [0.29, 0.717) is 42.0 Å². The number of fused-ring (bicyclic) bond motifs is 1. The van der Waals surface area contributed by atoms with Gasteiger partial charge in [0.25, 0.3) is 0 Å². The van der Waals surface area contributed by atoms with E-state index in [9.17, 15) is 5.21 Å². The lowest BCUT2D eigenvalue weighted by molar-refractivity contribution is 0.115. The van der Waals surface area contributed by atoms with Crippen molar-refractivity contribution in [3.8, 4) is 0 Å². The Hall–Kier alpha value is -2.18. The Morgan fingerprint density at radius 3 is 2.56 bits per heavy atom. The van der Waals surface area contributed by atoms with Gasteiger partial charge in [0.15, 0.2) is 0 Å². The average Bonchev–Trinajstić information content (AvgIpc) is 2.55. The van der Waals surface area contributed by atoms with Crippen LogP contribution in [0.1, 0.15) is 41.6 Å². The number of hydrogen-bond donors (Lipinski definition) is 1. The van der Waals surface area contributed by atoms with Gasteiger partial charge in [-0.15, -0.1) is 0 Å². The molecule has 7 heteroatoms. The van der Waals surface area contributed by atoms with Crippen molar-refractivity contribution in [1.29, 1.82) is 0 Å². The fourth-order valence-electron chi connectivity index (χ4n) is 3.26. The number of ether oxygens (including phenoxy) is 1. The minimum atomic E-state index is 0.381. The first-order chi connectivity index (χ1) is 12.0. The number of aryl methyl sites for hydroxylation is 3. The van der Waals surface area contributed by atoms with Crippen LogP contribution < -0.4 is 4.90 Å². The molecule has 0 aliphatic carbocycles. The fourth-order valence-corrected chi connectivity index (χ4v) is 3.59. The maximum atomic E-state index is 9.33. The fraction of sp³-hybridized carbons (Fsp3) is 0.389. The standard InChI is InChI=1S/C18H21ClN4O2/c1-5-15(22-24)16-14-8-25-9-23(18(14)21-12(4)20-16)17-10(2)6-13(19)7-11(17)3/h6-7,24H,5,8-9H2,1-4H3/b22-15+. The molecule has 1 aliphatic rings. The lowest BCUT2D eigenvalue weighted by Crippen LogP contribution is -2.31. The van der Waals surface area contributed by atoms with E-state index in [1.165, 1.54) is 0 Å². The third kappa shape index (κ3) is 3.19. The Balaban J connectivity index is 2.22. The van der Waals surface area contributed by atoms with E-state index in [-0.39, 0.29) is 0 Å². The van der Waals surface area contributed by atoms with Crippen molar-refractivity contribution in [2.24, 2.45) is 5.16 Å². The molecule has 3 rings (SSSR count). The number of nitrogens with zero attached hydrogens (tertiary/aromatic N) is 4. The van der Waals surface area contributed by atoms with Crippen molar-refractivity contribution < 1.29 is 9.94 Å². The maximum Gasteiger partial charge on any atom is 0.144 e. The van der Waals surface area contributed by atoms with E-state index in [1.54, 1.807) is 0 Å². The first-order valence-electron chi connectivity index (χ1n) is 8.17.